The Morgan fingerprint density at radius 1 is 1.11 bits per heavy atom. The van der Waals surface area contributed by atoms with Gasteiger partial charge in [-0.25, -0.2) is 17.5 Å². The fourth-order valence-corrected chi connectivity index (χ4v) is 5.20. The summed E-state index contributed by atoms with van der Waals surface area (Å²) in [5.41, 5.74) is -0.420. The Hall–Kier alpha value is -2.30. The maximum atomic E-state index is 14.4. The monoisotopic (exact) mass is 413 g/mol. The Labute approximate surface area is 160 Å². The number of nitrogens with one attached hydrogen (secondary N) is 1. The normalized spacial score (nSPS) is 21.0. The van der Waals surface area contributed by atoms with Gasteiger partial charge in [-0.3, -0.25) is 4.31 Å². The molecule has 1 N–H and O–H groups in total. The Morgan fingerprint density at radius 2 is 1.79 bits per heavy atom. The topological polar surface area (TPSA) is 61.9 Å². The van der Waals surface area contributed by atoms with Crippen molar-refractivity contribution in [3.8, 4) is 0 Å². The number of anilines is 3. The summed E-state index contributed by atoms with van der Waals surface area (Å²) >= 11 is 0. The maximum Gasteiger partial charge on any atom is 0.331 e. The van der Waals surface area contributed by atoms with Gasteiger partial charge in [-0.2, -0.15) is 8.42 Å². The van der Waals surface area contributed by atoms with Gasteiger partial charge in [0.1, 0.15) is 11.5 Å². The predicted molar refractivity (Wildman–Crippen MR) is 98.4 cm³/mol. The van der Waals surface area contributed by atoms with E-state index in [2.05, 4.69) is 5.32 Å². The number of nitrogens with zero attached hydrogens (tertiary/aromatic N) is 2. The van der Waals surface area contributed by atoms with Gasteiger partial charge in [-0.15, -0.1) is 0 Å². The highest BCUT2D eigenvalue weighted by molar-refractivity contribution is 7.95. The van der Waals surface area contributed by atoms with Crippen LogP contribution in [0.1, 0.15) is 6.42 Å². The molecule has 2 heterocycles. The molecule has 1 atom stereocenters. The van der Waals surface area contributed by atoms with E-state index in [-0.39, 0.29) is 18.3 Å². The quantitative estimate of drug-likeness (QED) is 0.837. The van der Waals surface area contributed by atoms with Crippen molar-refractivity contribution in [2.45, 2.75) is 12.5 Å². The van der Waals surface area contributed by atoms with Crippen molar-refractivity contribution in [1.82, 2.24) is 5.32 Å². The molecule has 0 amide bonds. The third-order valence-corrected chi connectivity index (χ3v) is 6.50. The number of halogens is 3. The van der Waals surface area contributed by atoms with E-state index in [0.717, 1.165) is 10.8 Å². The molecule has 0 unspecified atom stereocenters. The van der Waals surface area contributed by atoms with E-state index < -0.39 is 33.3 Å². The highest BCUT2D eigenvalue weighted by atomic mass is 32.2. The Kier molecular flexibility index (Phi) is 4.94. The minimum atomic E-state index is -4.31. The van der Waals surface area contributed by atoms with Crippen molar-refractivity contribution in [2.75, 3.05) is 34.9 Å². The van der Waals surface area contributed by atoms with Crippen molar-refractivity contribution in [3.05, 3.63) is 53.8 Å². The van der Waals surface area contributed by atoms with Crippen molar-refractivity contribution >= 4 is 27.3 Å². The van der Waals surface area contributed by atoms with Crippen molar-refractivity contribution in [2.24, 2.45) is 0 Å². The molecule has 2 aromatic carbocycles. The van der Waals surface area contributed by atoms with Crippen molar-refractivity contribution in [1.29, 1.82) is 0 Å². The lowest BCUT2D eigenvalue weighted by Gasteiger charge is -2.27. The van der Waals surface area contributed by atoms with Crippen molar-refractivity contribution < 1.29 is 26.3 Å². The average molecular weight is 413 g/mol. The first-order chi connectivity index (χ1) is 13.4. The summed E-state index contributed by atoms with van der Waals surface area (Å²) in [7, 11) is -4.31. The van der Waals surface area contributed by atoms with Gasteiger partial charge in [0.25, 0.3) is 0 Å². The molecule has 0 spiro atoms. The lowest BCUT2D eigenvalue weighted by atomic mass is 10.2. The Balaban J connectivity index is 1.73. The molecule has 0 aliphatic carbocycles. The summed E-state index contributed by atoms with van der Waals surface area (Å²) in [6.07, 6.45) is 0.243. The predicted octanol–water partition coefficient (Wildman–Crippen LogP) is 2.69. The van der Waals surface area contributed by atoms with Gasteiger partial charge >= 0.3 is 10.2 Å². The van der Waals surface area contributed by atoms with E-state index in [1.807, 2.05) is 0 Å². The molecule has 0 radical (unpaired) electrons. The van der Waals surface area contributed by atoms with Gasteiger partial charge in [0.2, 0.25) is 0 Å². The van der Waals surface area contributed by atoms with Crippen LogP contribution in [0.2, 0.25) is 0 Å². The third-order valence-electron chi connectivity index (χ3n) is 4.72. The number of benzene rings is 2. The first-order valence-corrected chi connectivity index (χ1v) is 10.2. The molecule has 0 saturated carbocycles. The molecule has 4 rings (SSSR count). The molecule has 1 fully saturated rings. The van der Waals surface area contributed by atoms with Crippen LogP contribution in [0.25, 0.3) is 0 Å². The van der Waals surface area contributed by atoms with Gasteiger partial charge < -0.3 is 10.1 Å². The molecule has 10 heteroatoms. The average Bonchev–Trinajstić information content (AvgIpc) is 2.87. The molecule has 28 heavy (non-hydrogen) atoms. The lowest BCUT2D eigenvalue weighted by Crippen LogP contribution is -2.42. The first kappa shape index (κ1) is 19.0. The van der Waals surface area contributed by atoms with Gasteiger partial charge in [-0.1, -0.05) is 12.1 Å². The fraction of sp³-hybridized carbons (Fsp3) is 0.333. The van der Waals surface area contributed by atoms with Crippen LogP contribution >= 0.6 is 0 Å². The zero-order chi connectivity index (χ0) is 19.9. The van der Waals surface area contributed by atoms with Crippen LogP contribution in [-0.2, 0) is 14.9 Å². The second-order valence-electron chi connectivity index (χ2n) is 6.54. The van der Waals surface area contributed by atoms with Crippen LogP contribution in [0.3, 0.4) is 0 Å². The number of rotatable bonds is 4. The van der Waals surface area contributed by atoms with E-state index >= 15 is 0 Å². The fourth-order valence-electron chi connectivity index (χ4n) is 3.46. The number of hydrogen-bond acceptors (Lipinski definition) is 4. The van der Waals surface area contributed by atoms with Crippen LogP contribution in [0.4, 0.5) is 30.2 Å². The van der Waals surface area contributed by atoms with Gasteiger partial charge in [-0.05, 0) is 18.6 Å². The second-order valence-corrected chi connectivity index (χ2v) is 8.24. The number of hydrogen-bond donors (Lipinski definition) is 1. The molecule has 2 aromatic rings. The Morgan fingerprint density at radius 3 is 2.43 bits per heavy atom. The van der Waals surface area contributed by atoms with E-state index in [1.54, 1.807) is 18.2 Å². The van der Waals surface area contributed by atoms with Gasteiger partial charge in [0.15, 0.2) is 11.6 Å². The zero-order valence-electron chi connectivity index (χ0n) is 14.7. The minimum Gasteiger partial charge on any atom is -0.376 e. The van der Waals surface area contributed by atoms with Crippen molar-refractivity contribution in [3.63, 3.8) is 0 Å². The van der Waals surface area contributed by atoms with E-state index in [0.29, 0.717) is 41.7 Å². The smallest absolute Gasteiger partial charge is 0.331 e. The van der Waals surface area contributed by atoms with E-state index in [9.17, 15) is 21.6 Å². The minimum absolute atomic E-state index is 0.0760. The number of para-hydroxylation sites is 2. The van der Waals surface area contributed by atoms with E-state index in [1.165, 1.54) is 6.07 Å². The summed E-state index contributed by atoms with van der Waals surface area (Å²) in [6, 6.07) is 7.14. The Bertz CT molecular complexity index is 974. The molecular weight excluding hydrogens is 395 g/mol. The molecular formula is C18H18F3N3O3S. The number of morpholine rings is 1. The van der Waals surface area contributed by atoms with Gasteiger partial charge in [0.05, 0.1) is 24.1 Å². The van der Waals surface area contributed by atoms with Crippen LogP contribution < -0.4 is 13.9 Å². The zero-order valence-corrected chi connectivity index (χ0v) is 15.6. The number of fused-ring (bicyclic) bond motifs is 1. The first-order valence-electron chi connectivity index (χ1n) is 8.78. The molecule has 6 nitrogen and oxygen atoms in total. The molecule has 1 saturated heterocycles. The summed E-state index contributed by atoms with van der Waals surface area (Å²) in [5, 5.41) is 3.17. The summed E-state index contributed by atoms with van der Waals surface area (Å²) in [5.74, 6) is -3.71. The summed E-state index contributed by atoms with van der Waals surface area (Å²) in [6.45, 7) is 1.94. The highest BCUT2D eigenvalue weighted by Crippen LogP contribution is 2.46. The molecule has 0 bridgehead atoms. The van der Waals surface area contributed by atoms with Gasteiger partial charge in [0, 0.05) is 31.8 Å². The maximum absolute atomic E-state index is 14.4. The molecule has 150 valence electrons. The van der Waals surface area contributed by atoms with E-state index in [4.69, 9.17) is 4.74 Å². The van der Waals surface area contributed by atoms with Crippen LogP contribution in [0, 0.1) is 17.5 Å². The molecule has 2 aliphatic rings. The highest BCUT2D eigenvalue weighted by Gasteiger charge is 2.43. The number of ether oxygens (including phenoxy) is 1. The third kappa shape index (κ3) is 3.21. The summed E-state index contributed by atoms with van der Waals surface area (Å²) < 4.78 is 75.7. The SMILES string of the molecule is O=S1(=O)N(CC[C@H]2CNCCO2)c2ccccc2N1c1c(F)cc(F)cc1F. The lowest BCUT2D eigenvalue weighted by molar-refractivity contribution is 0.0254. The second kappa shape index (κ2) is 7.26. The van der Waals surface area contributed by atoms with Crippen LogP contribution in [0.15, 0.2) is 36.4 Å². The molecule has 2 aliphatic heterocycles. The summed E-state index contributed by atoms with van der Waals surface area (Å²) in [4.78, 5) is 0. The van der Waals surface area contributed by atoms with Crippen LogP contribution in [-0.4, -0.2) is 40.8 Å². The largest absolute Gasteiger partial charge is 0.376 e. The standard InChI is InChI=1S/C18H18F3N3O3S/c19-12-9-14(20)18(15(21)10-12)24-17-4-2-1-3-16(17)23(28(24,25)26)7-5-13-11-22-6-8-27-13/h1-4,9-10,13,22H,5-8,11H2/t13-/m0/s1. The van der Waals surface area contributed by atoms with Crippen LogP contribution in [0.5, 0.6) is 0 Å². The molecule has 0 aromatic heterocycles.